The number of benzene rings is 1. The van der Waals surface area contributed by atoms with E-state index in [1.807, 2.05) is 6.26 Å². The molecule has 7 nitrogen and oxygen atoms in total. The lowest BCUT2D eigenvalue weighted by Gasteiger charge is -2.18. The van der Waals surface area contributed by atoms with Crippen molar-refractivity contribution in [2.75, 3.05) is 30.1 Å². The maximum Gasteiger partial charge on any atom is 0.241 e. The van der Waals surface area contributed by atoms with Crippen molar-refractivity contribution in [2.24, 2.45) is 0 Å². The number of thioether (sulfide) groups is 1. The first-order valence-electron chi connectivity index (χ1n) is 7.76. The molecule has 1 unspecified atom stereocenters. The minimum absolute atomic E-state index is 0.000585. The van der Waals surface area contributed by atoms with Crippen molar-refractivity contribution in [3.8, 4) is 0 Å². The molecule has 1 aromatic rings. The fourth-order valence-electron chi connectivity index (χ4n) is 1.93. The molecule has 142 valence electrons. The summed E-state index contributed by atoms with van der Waals surface area (Å²) in [5.74, 6) is -0.113. The predicted octanol–water partition coefficient (Wildman–Crippen LogP) is 0.638. The predicted molar refractivity (Wildman–Crippen MR) is 101 cm³/mol. The normalized spacial score (nSPS) is 13.4. The van der Waals surface area contributed by atoms with Crippen LogP contribution in [0, 0.1) is 0 Å². The molecular weight excluding hydrogens is 384 g/mol. The number of carbonyl (C=O) groups excluding carboxylic acids is 1. The van der Waals surface area contributed by atoms with Crippen LogP contribution >= 0.6 is 11.8 Å². The van der Waals surface area contributed by atoms with Gasteiger partial charge in [0.2, 0.25) is 15.9 Å². The van der Waals surface area contributed by atoms with Crippen molar-refractivity contribution in [1.82, 2.24) is 10.0 Å². The molecule has 0 aliphatic rings. The number of sulfone groups is 1. The molecule has 0 fully saturated rings. The van der Waals surface area contributed by atoms with E-state index >= 15 is 0 Å². The van der Waals surface area contributed by atoms with Gasteiger partial charge in [0.1, 0.15) is 6.04 Å². The van der Waals surface area contributed by atoms with Crippen molar-refractivity contribution in [2.45, 2.75) is 24.3 Å². The third kappa shape index (κ3) is 7.76. The van der Waals surface area contributed by atoms with E-state index < -0.39 is 31.8 Å². The molecule has 0 saturated heterocycles. The van der Waals surface area contributed by atoms with Gasteiger partial charge in [0.25, 0.3) is 0 Å². The Kier molecular flexibility index (Phi) is 8.91. The molecule has 0 saturated carbocycles. The zero-order valence-electron chi connectivity index (χ0n) is 14.3. The standard InChI is InChI=1S/C15H24N2O5S3/c1-3-24(19,20)12-10-16-15(18)14(9-11-23-2)17-25(21,22)13-7-5-4-6-8-13/h4-8,14,17H,3,9-12H2,1-2H3,(H,16,18). The van der Waals surface area contributed by atoms with Gasteiger partial charge < -0.3 is 5.32 Å². The van der Waals surface area contributed by atoms with Gasteiger partial charge in [0.05, 0.1) is 10.6 Å². The van der Waals surface area contributed by atoms with Crippen LogP contribution in [0.15, 0.2) is 35.2 Å². The lowest BCUT2D eigenvalue weighted by molar-refractivity contribution is -0.122. The summed E-state index contributed by atoms with van der Waals surface area (Å²) < 4.78 is 50.1. The Bertz CT molecular complexity index is 749. The topological polar surface area (TPSA) is 109 Å². The van der Waals surface area contributed by atoms with Crippen LogP contribution in [-0.4, -0.2) is 58.8 Å². The first-order valence-corrected chi connectivity index (χ1v) is 12.5. The number of hydrogen-bond acceptors (Lipinski definition) is 6. The van der Waals surface area contributed by atoms with Gasteiger partial charge in [0.15, 0.2) is 9.84 Å². The van der Waals surface area contributed by atoms with Crippen molar-refractivity contribution in [3.05, 3.63) is 30.3 Å². The van der Waals surface area contributed by atoms with Crippen LogP contribution in [0.3, 0.4) is 0 Å². The molecule has 1 atom stereocenters. The number of amides is 1. The molecule has 0 radical (unpaired) electrons. The lowest BCUT2D eigenvalue weighted by atomic mass is 10.2. The zero-order valence-corrected chi connectivity index (χ0v) is 16.7. The number of hydrogen-bond donors (Lipinski definition) is 2. The average molecular weight is 409 g/mol. The van der Waals surface area contributed by atoms with Gasteiger partial charge >= 0.3 is 0 Å². The summed E-state index contributed by atoms with van der Waals surface area (Å²) in [5.41, 5.74) is 0. The molecule has 0 aliphatic heterocycles. The molecule has 0 aliphatic carbocycles. The zero-order chi connectivity index (χ0) is 18.9. The van der Waals surface area contributed by atoms with Crippen LogP contribution in [0.4, 0.5) is 0 Å². The molecule has 0 aromatic heterocycles. The average Bonchev–Trinajstić information content (AvgIpc) is 2.59. The SMILES string of the molecule is CCS(=O)(=O)CCNC(=O)C(CCSC)NS(=O)(=O)c1ccccc1. The van der Waals surface area contributed by atoms with E-state index in [9.17, 15) is 21.6 Å². The molecule has 0 heterocycles. The maximum atomic E-state index is 12.4. The number of rotatable bonds is 11. The van der Waals surface area contributed by atoms with Crippen molar-refractivity contribution >= 4 is 37.5 Å². The third-order valence-electron chi connectivity index (χ3n) is 3.43. The van der Waals surface area contributed by atoms with Gasteiger partial charge in [-0.15, -0.1) is 0 Å². The van der Waals surface area contributed by atoms with E-state index in [4.69, 9.17) is 0 Å². The van der Waals surface area contributed by atoms with Crippen molar-refractivity contribution in [1.29, 1.82) is 0 Å². The van der Waals surface area contributed by atoms with Gasteiger partial charge in [-0.1, -0.05) is 25.1 Å². The Morgan fingerprint density at radius 1 is 1.16 bits per heavy atom. The summed E-state index contributed by atoms with van der Waals surface area (Å²) in [6.07, 6.45) is 2.16. The second kappa shape index (κ2) is 10.1. The van der Waals surface area contributed by atoms with Gasteiger partial charge in [-0.05, 0) is 30.6 Å². The van der Waals surface area contributed by atoms with Gasteiger partial charge in [-0.25, -0.2) is 16.8 Å². The van der Waals surface area contributed by atoms with E-state index in [1.54, 1.807) is 18.2 Å². The van der Waals surface area contributed by atoms with Gasteiger partial charge in [-0.2, -0.15) is 16.5 Å². The summed E-state index contributed by atoms with van der Waals surface area (Å²) in [4.78, 5) is 12.4. The number of sulfonamides is 1. The fourth-order valence-corrected chi connectivity index (χ4v) is 4.36. The van der Waals surface area contributed by atoms with E-state index in [-0.39, 0.29) is 22.9 Å². The first-order chi connectivity index (χ1) is 11.7. The van der Waals surface area contributed by atoms with Crippen LogP contribution < -0.4 is 10.0 Å². The molecule has 1 rings (SSSR count). The second-order valence-electron chi connectivity index (χ2n) is 5.30. The van der Waals surface area contributed by atoms with E-state index in [0.717, 1.165) is 0 Å². The summed E-state index contributed by atoms with van der Waals surface area (Å²) in [5, 5.41) is 2.50. The Morgan fingerprint density at radius 3 is 2.36 bits per heavy atom. The molecule has 0 bridgehead atoms. The molecule has 1 aromatic carbocycles. The van der Waals surface area contributed by atoms with E-state index in [1.165, 1.54) is 30.8 Å². The Balaban J connectivity index is 2.77. The quantitative estimate of drug-likeness (QED) is 0.556. The Labute approximate surface area is 153 Å². The molecule has 1 amide bonds. The van der Waals surface area contributed by atoms with Crippen LogP contribution in [-0.2, 0) is 24.7 Å². The largest absolute Gasteiger partial charge is 0.354 e. The minimum Gasteiger partial charge on any atom is -0.354 e. The highest BCUT2D eigenvalue weighted by molar-refractivity contribution is 7.98. The monoisotopic (exact) mass is 408 g/mol. The van der Waals surface area contributed by atoms with Crippen molar-refractivity contribution in [3.63, 3.8) is 0 Å². The smallest absolute Gasteiger partial charge is 0.241 e. The third-order valence-corrected chi connectivity index (χ3v) is 7.27. The molecule has 25 heavy (non-hydrogen) atoms. The van der Waals surface area contributed by atoms with Crippen LogP contribution in [0.25, 0.3) is 0 Å². The molecule has 2 N–H and O–H groups in total. The molecular formula is C15H24N2O5S3. The minimum atomic E-state index is -3.83. The second-order valence-corrected chi connectivity index (χ2v) is 10.5. The number of carbonyl (C=O) groups is 1. The number of nitrogens with one attached hydrogen (secondary N) is 2. The summed E-state index contributed by atoms with van der Waals surface area (Å²) >= 11 is 1.49. The summed E-state index contributed by atoms with van der Waals surface area (Å²) in [6, 6.07) is 6.83. The summed E-state index contributed by atoms with van der Waals surface area (Å²) in [7, 11) is -7.02. The highest BCUT2D eigenvalue weighted by Crippen LogP contribution is 2.10. The van der Waals surface area contributed by atoms with Gasteiger partial charge in [0, 0.05) is 12.3 Å². The highest BCUT2D eigenvalue weighted by atomic mass is 32.2. The first kappa shape index (κ1) is 21.9. The van der Waals surface area contributed by atoms with Crippen molar-refractivity contribution < 1.29 is 21.6 Å². The molecule has 0 spiro atoms. The fraction of sp³-hybridized carbons (Fsp3) is 0.533. The summed E-state index contributed by atoms with van der Waals surface area (Å²) in [6.45, 7) is 1.49. The van der Waals surface area contributed by atoms with Crippen LogP contribution in [0.2, 0.25) is 0 Å². The maximum absolute atomic E-state index is 12.4. The Hall–Kier alpha value is -1.10. The molecule has 10 heteroatoms. The van der Waals surface area contributed by atoms with Crippen LogP contribution in [0.1, 0.15) is 13.3 Å². The Morgan fingerprint density at radius 2 is 1.80 bits per heavy atom. The lowest BCUT2D eigenvalue weighted by Crippen LogP contribution is -2.47. The highest BCUT2D eigenvalue weighted by Gasteiger charge is 2.25. The van der Waals surface area contributed by atoms with Gasteiger partial charge in [-0.3, -0.25) is 4.79 Å². The van der Waals surface area contributed by atoms with E-state index in [2.05, 4.69) is 10.0 Å². The van der Waals surface area contributed by atoms with Crippen LogP contribution in [0.5, 0.6) is 0 Å². The van der Waals surface area contributed by atoms with E-state index in [0.29, 0.717) is 12.2 Å².